The van der Waals surface area contributed by atoms with Gasteiger partial charge in [-0.05, 0) is 36.2 Å². The zero-order valence-electron chi connectivity index (χ0n) is 15.3. The molecule has 140 valence electrons. The molecule has 26 heavy (non-hydrogen) atoms. The van der Waals surface area contributed by atoms with Gasteiger partial charge in [-0.25, -0.2) is 0 Å². The second kappa shape index (κ2) is 8.83. The minimum Gasteiger partial charge on any atom is -0.497 e. The topological polar surface area (TPSA) is 56.8 Å². The second-order valence-corrected chi connectivity index (χ2v) is 9.06. The lowest BCUT2D eigenvalue weighted by Crippen LogP contribution is -2.48. The molecule has 0 bridgehead atoms. The predicted molar refractivity (Wildman–Crippen MR) is 104 cm³/mol. The molecule has 1 N–H and O–H groups in total. The van der Waals surface area contributed by atoms with Crippen molar-refractivity contribution in [2.24, 2.45) is 0 Å². The van der Waals surface area contributed by atoms with Crippen molar-refractivity contribution in [2.45, 2.75) is 18.6 Å². The van der Waals surface area contributed by atoms with Crippen LogP contribution in [0, 0.1) is 0 Å². The molecule has 2 aromatic rings. The van der Waals surface area contributed by atoms with E-state index in [4.69, 9.17) is 14.0 Å². The summed E-state index contributed by atoms with van der Waals surface area (Å²) in [7, 11) is -1.27. The molecule has 1 aliphatic heterocycles. The standard InChI is InChI=1S/C20H26NO4P/c1-23-18-8-10-20(11-9-18)26(2,22)25-15-19-13-21-17(14-24-19)12-16-6-4-3-5-7-16/h3-11,17,19,21H,12-15H2,1-2H3/t17-,19-,26?/m1/s1. The maximum absolute atomic E-state index is 12.8. The van der Waals surface area contributed by atoms with Crippen molar-refractivity contribution >= 4 is 12.7 Å². The Kier molecular flexibility index (Phi) is 6.49. The van der Waals surface area contributed by atoms with Gasteiger partial charge < -0.3 is 19.3 Å². The van der Waals surface area contributed by atoms with Gasteiger partial charge in [0.1, 0.15) is 5.75 Å². The van der Waals surface area contributed by atoms with Gasteiger partial charge in [0, 0.05) is 24.6 Å². The van der Waals surface area contributed by atoms with Crippen LogP contribution < -0.4 is 15.4 Å². The van der Waals surface area contributed by atoms with Crippen LogP contribution in [0.25, 0.3) is 0 Å². The highest BCUT2D eigenvalue weighted by atomic mass is 31.2. The molecule has 0 aromatic heterocycles. The van der Waals surface area contributed by atoms with E-state index in [2.05, 4.69) is 17.4 Å². The maximum atomic E-state index is 12.8. The summed E-state index contributed by atoms with van der Waals surface area (Å²) in [4.78, 5) is 0. The molecule has 3 rings (SSSR count). The summed E-state index contributed by atoms with van der Waals surface area (Å²) in [5.74, 6) is 0.734. The lowest BCUT2D eigenvalue weighted by atomic mass is 10.1. The number of ether oxygens (including phenoxy) is 2. The summed E-state index contributed by atoms with van der Waals surface area (Å²) >= 11 is 0. The van der Waals surface area contributed by atoms with Gasteiger partial charge >= 0.3 is 0 Å². The molecule has 0 saturated carbocycles. The fraction of sp³-hybridized carbons (Fsp3) is 0.400. The summed E-state index contributed by atoms with van der Waals surface area (Å²) in [6.45, 7) is 3.27. The van der Waals surface area contributed by atoms with Crippen molar-refractivity contribution in [1.82, 2.24) is 5.32 Å². The van der Waals surface area contributed by atoms with Crippen LogP contribution in [0.5, 0.6) is 5.75 Å². The van der Waals surface area contributed by atoms with Gasteiger partial charge in [0.15, 0.2) is 0 Å². The van der Waals surface area contributed by atoms with Crippen LogP contribution >= 0.6 is 7.37 Å². The van der Waals surface area contributed by atoms with Gasteiger partial charge in [0.2, 0.25) is 7.37 Å². The molecular formula is C20H26NO4P. The van der Waals surface area contributed by atoms with E-state index in [9.17, 15) is 4.57 Å². The molecule has 6 heteroatoms. The first kappa shape index (κ1) is 19.1. The van der Waals surface area contributed by atoms with E-state index in [1.165, 1.54) is 5.56 Å². The zero-order chi connectivity index (χ0) is 18.4. The van der Waals surface area contributed by atoms with Gasteiger partial charge in [0.05, 0.1) is 26.4 Å². The molecule has 1 unspecified atom stereocenters. The van der Waals surface area contributed by atoms with E-state index >= 15 is 0 Å². The summed E-state index contributed by atoms with van der Waals surface area (Å²) in [6.07, 6.45) is 0.848. The molecule has 2 aromatic carbocycles. The van der Waals surface area contributed by atoms with Crippen LogP contribution in [0.4, 0.5) is 0 Å². The Balaban J connectivity index is 1.46. The number of nitrogens with one attached hydrogen (secondary N) is 1. The summed E-state index contributed by atoms with van der Waals surface area (Å²) in [6, 6.07) is 17.8. The van der Waals surface area contributed by atoms with Crippen LogP contribution in [0.1, 0.15) is 5.56 Å². The van der Waals surface area contributed by atoms with Crippen LogP contribution in [-0.4, -0.2) is 45.7 Å². The van der Waals surface area contributed by atoms with Gasteiger partial charge in [-0.15, -0.1) is 0 Å². The third kappa shape index (κ3) is 5.18. The maximum Gasteiger partial charge on any atom is 0.229 e. The van der Waals surface area contributed by atoms with Crippen molar-refractivity contribution in [3.63, 3.8) is 0 Å². The first-order valence-electron chi connectivity index (χ1n) is 8.82. The number of methoxy groups -OCH3 is 1. The van der Waals surface area contributed by atoms with Gasteiger partial charge in [-0.1, -0.05) is 30.3 Å². The van der Waals surface area contributed by atoms with E-state index in [1.807, 2.05) is 18.2 Å². The largest absolute Gasteiger partial charge is 0.497 e. The second-order valence-electron chi connectivity index (χ2n) is 6.59. The minimum absolute atomic E-state index is 0.0893. The molecule has 3 atom stereocenters. The number of hydrogen-bond acceptors (Lipinski definition) is 5. The van der Waals surface area contributed by atoms with Crippen molar-refractivity contribution < 1.29 is 18.6 Å². The summed E-state index contributed by atoms with van der Waals surface area (Å²) in [5, 5.41) is 4.18. The molecule has 0 amide bonds. The fourth-order valence-corrected chi connectivity index (χ4v) is 4.25. The van der Waals surface area contributed by atoms with E-state index in [1.54, 1.807) is 38.0 Å². The van der Waals surface area contributed by atoms with Crippen molar-refractivity contribution in [1.29, 1.82) is 0 Å². The molecule has 0 spiro atoms. The molecule has 5 nitrogen and oxygen atoms in total. The third-order valence-corrected chi connectivity index (χ3v) is 6.42. The Morgan fingerprint density at radius 3 is 2.50 bits per heavy atom. The monoisotopic (exact) mass is 375 g/mol. The van der Waals surface area contributed by atoms with Crippen LogP contribution in [0.15, 0.2) is 54.6 Å². The molecule has 1 heterocycles. The molecular weight excluding hydrogens is 349 g/mol. The highest BCUT2D eigenvalue weighted by Crippen LogP contribution is 2.41. The molecule has 0 radical (unpaired) electrons. The van der Waals surface area contributed by atoms with Crippen molar-refractivity contribution in [3.05, 3.63) is 60.2 Å². The smallest absolute Gasteiger partial charge is 0.229 e. The zero-order valence-corrected chi connectivity index (χ0v) is 16.2. The van der Waals surface area contributed by atoms with Gasteiger partial charge in [0.25, 0.3) is 0 Å². The van der Waals surface area contributed by atoms with E-state index in [0.29, 0.717) is 31.1 Å². The SMILES string of the molecule is COc1ccc(P(C)(=O)OC[C@H]2CN[C@H](Cc3ccccc3)CO2)cc1. The average molecular weight is 375 g/mol. The van der Waals surface area contributed by atoms with Crippen molar-refractivity contribution in [2.75, 3.05) is 33.5 Å². The lowest BCUT2D eigenvalue weighted by Gasteiger charge is -2.31. The molecule has 0 aliphatic carbocycles. The molecule has 1 fully saturated rings. The number of hydrogen-bond donors (Lipinski definition) is 1. The Morgan fingerprint density at radius 1 is 1.15 bits per heavy atom. The minimum atomic E-state index is -2.88. The highest BCUT2D eigenvalue weighted by molar-refractivity contribution is 7.66. The van der Waals surface area contributed by atoms with E-state index in [0.717, 1.165) is 12.2 Å². The third-order valence-electron chi connectivity index (χ3n) is 4.54. The Labute approximate surface area is 155 Å². The normalized spacial score (nSPS) is 22.5. The number of benzene rings is 2. The summed E-state index contributed by atoms with van der Waals surface area (Å²) in [5.41, 5.74) is 1.29. The first-order chi connectivity index (χ1) is 12.6. The van der Waals surface area contributed by atoms with Gasteiger partial charge in [-0.3, -0.25) is 4.57 Å². The number of morpholine rings is 1. The van der Waals surface area contributed by atoms with E-state index < -0.39 is 7.37 Å². The highest BCUT2D eigenvalue weighted by Gasteiger charge is 2.25. The summed E-state index contributed by atoms with van der Waals surface area (Å²) < 4.78 is 29.6. The Hall–Kier alpha value is -1.65. The van der Waals surface area contributed by atoms with Crippen LogP contribution in [-0.2, 0) is 20.2 Å². The molecule has 1 saturated heterocycles. The van der Waals surface area contributed by atoms with Crippen molar-refractivity contribution in [3.8, 4) is 5.75 Å². The predicted octanol–water partition coefficient (Wildman–Crippen LogP) is 2.84. The lowest BCUT2D eigenvalue weighted by molar-refractivity contribution is -0.0186. The number of rotatable bonds is 7. The average Bonchev–Trinajstić information content (AvgIpc) is 2.68. The fourth-order valence-electron chi connectivity index (χ4n) is 2.96. The molecule has 1 aliphatic rings. The Bertz CT molecular complexity index is 727. The van der Waals surface area contributed by atoms with Crippen LogP contribution in [0.2, 0.25) is 0 Å². The van der Waals surface area contributed by atoms with Gasteiger partial charge in [-0.2, -0.15) is 0 Å². The first-order valence-corrected chi connectivity index (χ1v) is 10.9. The van der Waals surface area contributed by atoms with Crippen LogP contribution in [0.3, 0.4) is 0 Å². The quantitative estimate of drug-likeness (QED) is 0.755. The Morgan fingerprint density at radius 2 is 1.88 bits per heavy atom. The van der Waals surface area contributed by atoms with E-state index in [-0.39, 0.29) is 6.10 Å².